The first-order valence-corrected chi connectivity index (χ1v) is 10.8. The van der Waals surface area contributed by atoms with Gasteiger partial charge in [-0.2, -0.15) is 9.61 Å². The summed E-state index contributed by atoms with van der Waals surface area (Å²) in [6.45, 7) is 1.02. The molecule has 2 aromatic carbocycles. The summed E-state index contributed by atoms with van der Waals surface area (Å²) < 4.78 is 12.7. The third-order valence-corrected chi connectivity index (χ3v) is 5.69. The number of amides is 1. The number of fused-ring (bicyclic) bond motifs is 2. The van der Waals surface area contributed by atoms with Gasteiger partial charge in [0.25, 0.3) is 0 Å². The predicted octanol–water partition coefficient (Wildman–Crippen LogP) is 3.95. The van der Waals surface area contributed by atoms with Gasteiger partial charge in [-0.15, -0.1) is 10.2 Å². The molecule has 3 heterocycles. The molecule has 1 aliphatic heterocycles. The zero-order chi connectivity index (χ0) is 21.2. The first-order valence-electron chi connectivity index (χ1n) is 9.46. The molecule has 0 aliphatic carbocycles. The number of thioether (sulfide) groups is 1. The number of hydrogen-bond donors (Lipinski definition) is 1. The number of carbonyl (C=O) groups excluding carboxylic acids is 1. The van der Waals surface area contributed by atoms with Gasteiger partial charge in [-0.05, 0) is 48.5 Å². The van der Waals surface area contributed by atoms with Crippen LogP contribution in [-0.2, 0) is 4.79 Å². The Bertz CT molecular complexity index is 1260. The number of ether oxygens (including phenoxy) is 2. The summed E-state index contributed by atoms with van der Waals surface area (Å²) in [5.41, 5.74) is 2.13. The SMILES string of the molecule is O=C(CSc1ccc2nnc(-c3ccc(Cl)cc3)n2n1)Nc1ccc2c(c1)OCCO2. The molecule has 0 unspecified atom stereocenters. The number of halogens is 1. The summed E-state index contributed by atoms with van der Waals surface area (Å²) in [5.74, 6) is 1.97. The van der Waals surface area contributed by atoms with Gasteiger partial charge in [-0.3, -0.25) is 4.79 Å². The lowest BCUT2D eigenvalue weighted by molar-refractivity contribution is -0.113. The molecule has 1 amide bonds. The zero-order valence-corrected chi connectivity index (χ0v) is 17.7. The first-order chi connectivity index (χ1) is 15.2. The average molecular weight is 454 g/mol. The second-order valence-electron chi connectivity index (χ2n) is 6.67. The van der Waals surface area contributed by atoms with E-state index in [-0.39, 0.29) is 11.7 Å². The number of nitrogens with zero attached hydrogens (tertiary/aromatic N) is 4. The molecule has 0 saturated carbocycles. The first kappa shape index (κ1) is 19.7. The van der Waals surface area contributed by atoms with Gasteiger partial charge in [-0.1, -0.05) is 23.4 Å². The fourth-order valence-corrected chi connectivity index (χ4v) is 3.87. The molecule has 8 nitrogen and oxygen atoms in total. The van der Waals surface area contributed by atoms with Crippen LogP contribution in [0.3, 0.4) is 0 Å². The van der Waals surface area contributed by atoms with Crippen molar-refractivity contribution in [2.75, 3.05) is 24.3 Å². The molecule has 0 radical (unpaired) electrons. The Morgan fingerprint density at radius 1 is 1.03 bits per heavy atom. The van der Waals surface area contributed by atoms with Crippen LogP contribution in [0.5, 0.6) is 11.5 Å². The van der Waals surface area contributed by atoms with E-state index in [0.29, 0.717) is 51.9 Å². The Kier molecular flexibility index (Phi) is 5.35. The molecule has 0 saturated heterocycles. The van der Waals surface area contributed by atoms with Crippen LogP contribution in [0.25, 0.3) is 17.0 Å². The molecule has 31 heavy (non-hydrogen) atoms. The highest BCUT2D eigenvalue weighted by Crippen LogP contribution is 2.32. The Balaban J connectivity index is 1.28. The van der Waals surface area contributed by atoms with Gasteiger partial charge < -0.3 is 14.8 Å². The maximum absolute atomic E-state index is 12.4. The van der Waals surface area contributed by atoms with Gasteiger partial charge in [0, 0.05) is 22.3 Å². The maximum atomic E-state index is 12.4. The van der Waals surface area contributed by atoms with E-state index in [2.05, 4.69) is 20.6 Å². The highest BCUT2D eigenvalue weighted by molar-refractivity contribution is 7.99. The maximum Gasteiger partial charge on any atom is 0.234 e. The number of rotatable bonds is 5. The van der Waals surface area contributed by atoms with Crippen LogP contribution < -0.4 is 14.8 Å². The lowest BCUT2D eigenvalue weighted by atomic mass is 10.2. The number of aromatic nitrogens is 4. The molecular weight excluding hydrogens is 438 g/mol. The van der Waals surface area contributed by atoms with Crippen molar-refractivity contribution in [3.05, 3.63) is 59.6 Å². The van der Waals surface area contributed by atoms with Crippen molar-refractivity contribution in [3.63, 3.8) is 0 Å². The van der Waals surface area contributed by atoms with Crippen molar-refractivity contribution < 1.29 is 14.3 Å². The van der Waals surface area contributed by atoms with E-state index in [1.807, 2.05) is 24.3 Å². The lowest BCUT2D eigenvalue weighted by Crippen LogP contribution is -2.17. The van der Waals surface area contributed by atoms with E-state index < -0.39 is 0 Å². The fourth-order valence-electron chi connectivity index (χ4n) is 3.09. The van der Waals surface area contributed by atoms with Gasteiger partial charge in [0.05, 0.1) is 5.75 Å². The third-order valence-electron chi connectivity index (χ3n) is 4.52. The topological polar surface area (TPSA) is 90.6 Å². The fraction of sp³-hybridized carbons (Fsp3) is 0.143. The van der Waals surface area contributed by atoms with Crippen LogP contribution in [0.15, 0.2) is 59.6 Å². The van der Waals surface area contributed by atoms with Crippen molar-refractivity contribution in [2.24, 2.45) is 0 Å². The van der Waals surface area contributed by atoms with Gasteiger partial charge in [0.2, 0.25) is 5.91 Å². The molecule has 0 atom stereocenters. The molecule has 0 fully saturated rings. The predicted molar refractivity (Wildman–Crippen MR) is 118 cm³/mol. The van der Waals surface area contributed by atoms with Crippen LogP contribution in [0.4, 0.5) is 5.69 Å². The largest absolute Gasteiger partial charge is 0.486 e. The summed E-state index contributed by atoms with van der Waals surface area (Å²) >= 11 is 7.29. The van der Waals surface area contributed by atoms with E-state index >= 15 is 0 Å². The van der Waals surface area contributed by atoms with Crippen molar-refractivity contribution in [2.45, 2.75) is 5.03 Å². The standard InChI is InChI=1S/C21H16ClN5O3S/c22-14-3-1-13(2-4-14)21-25-24-18-7-8-20(26-27(18)21)31-12-19(28)23-15-5-6-16-17(11-15)30-10-9-29-16/h1-8,11H,9-10,12H2,(H,23,28). The van der Waals surface area contributed by atoms with Crippen LogP contribution in [-0.4, -0.2) is 44.7 Å². The zero-order valence-electron chi connectivity index (χ0n) is 16.1. The molecule has 5 rings (SSSR count). The molecular formula is C21H16ClN5O3S. The van der Waals surface area contributed by atoms with Crippen LogP contribution in [0.1, 0.15) is 0 Å². The van der Waals surface area contributed by atoms with Crippen LogP contribution in [0.2, 0.25) is 5.02 Å². The van der Waals surface area contributed by atoms with Gasteiger partial charge in [-0.25, -0.2) is 0 Å². The minimum absolute atomic E-state index is 0.148. The highest BCUT2D eigenvalue weighted by atomic mass is 35.5. The molecule has 4 aromatic rings. The summed E-state index contributed by atoms with van der Waals surface area (Å²) in [6, 6.07) is 16.3. The van der Waals surface area contributed by atoms with E-state index in [9.17, 15) is 4.79 Å². The summed E-state index contributed by atoms with van der Waals surface area (Å²) in [5, 5.41) is 17.1. The summed E-state index contributed by atoms with van der Waals surface area (Å²) in [4.78, 5) is 12.4. The quantitative estimate of drug-likeness (QED) is 0.457. The van der Waals surface area contributed by atoms with E-state index in [0.717, 1.165) is 5.56 Å². The second kappa shape index (κ2) is 8.44. The van der Waals surface area contributed by atoms with Crippen LogP contribution in [0, 0.1) is 0 Å². The second-order valence-corrected chi connectivity index (χ2v) is 8.10. The molecule has 2 aromatic heterocycles. The number of benzene rings is 2. The van der Waals surface area contributed by atoms with E-state index in [1.54, 1.807) is 34.8 Å². The molecule has 0 spiro atoms. The minimum atomic E-state index is -0.148. The molecule has 156 valence electrons. The van der Waals surface area contributed by atoms with Crippen LogP contribution >= 0.6 is 23.4 Å². The summed E-state index contributed by atoms with van der Waals surface area (Å²) in [7, 11) is 0. The van der Waals surface area contributed by atoms with Gasteiger partial charge in [0.1, 0.15) is 18.2 Å². The summed E-state index contributed by atoms with van der Waals surface area (Å²) in [6.07, 6.45) is 0. The Morgan fingerprint density at radius 2 is 1.84 bits per heavy atom. The number of hydrogen-bond acceptors (Lipinski definition) is 7. The van der Waals surface area contributed by atoms with Crippen molar-refractivity contribution in [1.82, 2.24) is 19.8 Å². The van der Waals surface area contributed by atoms with Crippen molar-refractivity contribution in [1.29, 1.82) is 0 Å². The number of anilines is 1. The average Bonchev–Trinajstić information content (AvgIpc) is 3.21. The van der Waals surface area contributed by atoms with Gasteiger partial charge in [0.15, 0.2) is 23.0 Å². The third kappa shape index (κ3) is 4.28. The number of nitrogens with one attached hydrogen (secondary N) is 1. The van der Waals surface area contributed by atoms with Gasteiger partial charge >= 0.3 is 0 Å². The van der Waals surface area contributed by atoms with E-state index in [1.165, 1.54) is 11.8 Å². The molecule has 1 N–H and O–H groups in total. The van der Waals surface area contributed by atoms with Crippen molar-refractivity contribution in [3.8, 4) is 22.9 Å². The van der Waals surface area contributed by atoms with Crippen molar-refractivity contribution >= 4 is 40.6 Å². The van der Waals surface area contributed by atoms with E-state index in [4.69, 9.17) is 21.1 Å². The highest BCUT2D eigenvalue weighted by Gasteiger charge is 2.14. The Labute approximate surface area is 186 Å². The minimum Gasteiger partial charge on any atom is -0.486 e. The molecule has 1 aliphatic rings. The molecule has 0 bridgehead atoms. The Morgan fingerprint density at radius 3 is 2.68 bits per heavy atom. The Hall–Kier alpha value is -3.30. The monoisotopic (exact) mass is 453 g/mol. The lowest BCUT2D eigenvalue weighted by Gasteiger charge is -2.18. The smallest absolute Gasteiger partial charge is 0.234 e. The number of carbonyl (C=O) groups is 1. The molecule has 10 heteroatoms. The normalized spacial score (nSPS) is 12.7.